The van der Waals surface area contributed by atoms with Gasteiger partial charge in [0.25, 0.3) is 0 Å². The smallest absolute Gasteiger partial charge is 0.336 e. The number of carboxylic acids is 2. The Bertz CT molecular complexity index is 854. The molecule has 0 fully saturated rings. The number of hydrogen-bond acceptors (Lipinski definition) is 2. The molecule has 0 amide bonds. The third kappa shape index (κ3) is 6.62. The maximum Gasteiger partial charge on any atom is 0.336 e. The number of allylic oxidation sites excluding steroid dienone is 4. The van der Waals surface area contributed by atoms with Gasteiger partial charge in [0.2, 0.25) is 0 Å². The minimum atomic E-state index is -1.08. The highest BCUT2D eigenvalue weighted by molar-refractivity contribution is 5.94. The molecule has 30 heavy (non-hydrogen) atoms. The minimum Gasteiger partial charge on any atom is -0.478 e. The van der Waals surface area contributed by atoms with Crippen LogP contribution in [0.5, 0.6) is 0 Å². The molecule has 0 saturated heterocycles. The summed E-state index contributed by atoms with van der Waals surface area (Å²) in [7, 11) is 0. The Morgan fingerprint density at radius 3 is 2.27 bits per heavy atom. The predicted octanol–water partition coefficient (Wildman–Crippen LogP) is 6.37. The lowest BCUT2D eigenvalue weighted by Gasteiger charge is -2.28. The van der Waals surface area contributed by atoms with Crippen molar-refractivity contribution in [2.75, 3.05) is 0 Å². The highest BCUT2D eigenvalue weighted by Gasteiger charge is 2.32. The summed E-state index contributed by atoms with van der Waals surface area (Å²) in [5.41, 5.74) is -0.198. The highest BCUT2D eigenvalue weighted by atomic mass is 16.4. The van der Waals surface area contributed by atoms with E-state index in [-0.39, 0.29) is 11.1 Å². The molecule has 2 N–H and O–H groups in total. The van der Waals surface area contributed by atoms with Crippen LogP contribution in [0.3, 0.4) is 0 Å². The molecule has 1 unspecified atom stereocenters. The van der Waals surface area contributed by atoms with Gasteiger partial charge in [0.1, 0.15) is 0 Å². The molecule has 1 atom stereocenters. The summed E-state index contributed by atoms with van der Waals surface area (Å²) in [6.07, 6.45) is 18.8. The number of hydrogen-bond donors (Lipinski definition) is 2. The van der Waals surface area contributed by atoms with E-state index < -0.39 is 17.4 Å². The average Bonchev–Trinajstić information content (AvgIpc) is 2.75. The van der Waals surface area contributed by atoms with E-state index in [9.17, 15) is 19.8 Å². The zero-order chi connectivity index (χ0) is 21.8. The maximum absolute atomic E-state index is 11.8. The largest absolute Gasteiger partial charge is 0.478 e. The van der Waals surface area contributed by atoms with Crippen molar-refractivity contribution in [1.82, 2.24) is 0 Å². The van der Waals surface area contributed by atoms with E-state index in [2.05, 4.69) is 18.8 Å². The summed E-state index contributed by atoms with van der Waals surface area (Å²) in [6, 6.07) is 4.16. The fraction of sp³-hybridized carbons (Fsp3) is 0.462. The van der Waals surface area contributed by atoms with Crippen LogP contribution in [0.4, 0.5) is 0 Å². The van der Waals surface area contributed by atoms with Crippen molar-refractivity contribution < 1.29 is 19.8 Å². The van der Waals surface area contributed by atoms with Crippen LogP contribution >= 0.6 is 0 Å². The van der Waals surface area contributed by atoms with E-state index in [0.717, 1.165) is 19.3 Å². The van der Waals surface area contributed by atoms with Gasteiger partial charge in [0, 0.05) is 6.42 Å². The standard InChI is InChI=1S/C26H32O4/c1-2-3-4-5-6-7-8-9-10-12-17-26(18-13-11-14-19-26)23-20-21(24(27)28)15-16-22(23)25(29)30/h11,13-16,18,20H,2-10,19H2,1H3,(H,27,28)(H,29,30). The predicted molar refractivity (Wildman–Crippen MR) is 120 cm³/mol. The summed E-state index contributed by atoms with van der Waals surface area (Å²) in [4.78, 5) is 23.2. The van der Waals surface area contributed by atoms with Crippen LogP contribution in [0.15, 0.2) is 42.5 Å². The lowest BCUT2D eigenvalue weighted by Crippen LogP contribution is -2.26. The van der Waals surface area contributed by atoms with Crippen LogP contribution in [-0.2, 0) is 5.41 Å². The Labute approximate surface area is 179 Å². The number of carboxylic acid groups (broad SMARTS) is 2. The number of unbranched alkanes of at least 4 members (excludes halogenated alkanes) is 8. The van der Waals surface area contributed by atoms with Crippen LogP contribution in [0.25, 0.3) is 0 Å². The van der Waals surface area contributed by atoms with Crippen molar-refractivity contribution in [1.29, 1.82) is 0 Å². The van der Waals surface area contributed by atoms with Crippen molar-refractivity contribution >= 4 is 11.9 Å². The van der Waals surface area contributed by atoms with Crippen LogP contribution in [0.2, 0.25) is 0 Å². The van der Waals surface area contributed by atoms with Gasteiger partial charge in [-0.1, -0.05) is 82.1 Å². The molecule has 0 aliphatic heterocycles. The zero-order valence-electron chi connectivity index (χ0n) is 17.8. The topological polar surface area (TPSA) is 74.6 Å². The lowest BCUT2D eigenvalue weighted by molar-refractivity contribution is 0.0679. The fourth-order valence-electron chi connectivity index (χ4n) is 3.78. The second-order valence-electron chi connectivity index (χ2n) is 7.86. The molecule has 1 aliphatic rings. The SMILES string of the molecule is CCCCCCCCCCC#CC1(c2cc(C(=O)O)ccc2C(=O)O)C=CC=CC1. The van der Waals surface area contributed by atoms with Gasteiger partial charge in [-0.3, -0.25) is 0 Å². The van der Waals surface area contributed by atoms with Crippen molar-refractivity contribution in [3.63, 3.8) is 0 Å². The first-order valence-corrected chi connectivity index (χ1v) is 11.0. The van der Waals surface area contributed by atoms with Crippen LogP contribution in [0, 0.1) is 11.8 Å². The first kappa shape index (κ1) is 23.5. The molecule has 0 bridgehead atoms. The molecule has 4 nitrogen and oxygen atoms in total. The van der Waals surface area contributed by atoms with Crippen LogP contribution < -0.4 is 0 Å². The van der Waals surface area contributed by atoms with Gasteiger partial charge in [0.05, 0.1) is 16.5 Å². The lowest BCUT2D eigenvalue weighted by atomic mass is 9.73. The summed E-state index contributed by atoms with van der Waals surface area (Å²) in [5.74, 6) is 4.38. The molecule has 0 spiro atoms. The van der Waals surface area contributed by atoms with Crippen LogP contribution in [0.1, 0.15) is 97.4 Å². The number of rotatable bonds is 11. The molecule has 0 saturated carbocycles. The van der Waals surface area contributed by atoms with Gasteiger partial charge < -0.3 is 10.2 Å². The molecule has 0 heterocycles. The molecule has 0 aromatic heterocycles. The normalized spacial score (nSPS) is 17.4. The van der Waals surface area contributed by atoms with Crippen LogP contribution in [-0.4, -0.2) is 22.2 Å². The molecule has 1 aromatic carbocycles. The van der Waals surface area contributed by atoms with Gasteiger partial charge in [-0.05, 0) is 36.6 Å². The third-order valence-electron chi connectivity index (χ3n) is 5.51. The monoisotopic (exact) mass is 408 g/mol. The minimum absolute atomic E-state index is 0.0715. The summed E-state index contributed by atoms with van der Waals surface area (Å²) < 4.78 is 0. The number of carbonyl (C=O) groups is 2. The van der Waals surface area contributed by atoms with Crippen molar-refractivity contribution in [3.8, 4) is 11.8 Å². The van der Waals surface area contributed by atoms with Gasteiger partial charge in [-0.15, -0.1) is 5.92 Å². The second kappa shape index (κ2) is 12.0. The number of aromatic carboxylic acids is 2. The second-order valence-corrected chi connectivity index (χ2v) is 7.86. The first-order chi connectivity index (χ1) is 14.5. The van der Waals surface area contributed by atoms with Gasteiger partial charge in [-0.25, -0.2) is 9.59 Å². The molecule has 1 aliphatic carbocycles. The van der Waals surface area contributed by atoms with Crippen molar-refractivity contribution in [3.05, 3.63) is 59.2 Å². The molecule has 1 aromatic rings. The van der Waals surface area contributed by atoms with Gasteiger partial charge in [-0.2, -0.15) is 0 Å². The van der Waals surface area contributed by atoms with E-state index in [1.165, 1.54) is 56.7 Å². The quantitative estimate of drug-likeness (QED) is 0.329. The highest BCUT2D eigenvalue weighted by Crippen LogP contribution is 2.35. The third-order valence-corrected chi connectivity index (χ3v) is 5.51. The Balaban J connectivity index is 2.11. The Kier molecular flexibility index (Phi) is 9.41. The van der Waals surface area contributed by atoms with E-state index in [4.69, 9.17) is 0 Å². The van der Waals surface area contributed by atoms with E-state index in [1.54, 1.807) is 0 Å². The number of benzene rings is 1. The first-order valence-electron chi connectivity index (χ1n) is 11.0. The van der Waals surface area contributed by atoms with E-state index in [1.807, 2.05) is 24.3 Å². The Hall–Kier alpha value is -2.80. The summed E-state index contributed by atoms with van der Waals surface area (Å²) >= 11 is 0. The summed E-state index contributed by atoms with van der Waals surface area (Å²) in [5, 5.41) is 19.0. The molecule has 0 radical (unpaired) electrons. The Morgan fingerprint density at radius 2 is 1.67 bits per heavy atom. The molecule has 4 heteroatoms. The average molecular weight is 409 g/mol. The summed E-state index contributed by atoms with van der Waals surface area (Å²) in [6.45, 7) is 2.22. The molecular weight excluding hydrogens is 376 g/mol. The van der Waals surface area contributed by atoms with E-state index in [0.29, 0.717) is 12.0 Å². The van der Waals surface area contributed by atoms with E-state index >= 15 is 0 Å². The molecule has 160 valence electrons. The molecule has 2 rings (SSSR count). The van der Waals surface area contributed by atoms with Crippen molar-refractivity contribution in [2.24, 2.45) is 0 Å². The maximum atomic E-state index is 11.8. The zero-order valence-corrected chi connectivity index (χ0v) is 17.8. The van der Waals surface area contributed by atoms with Gasteiger partial charge in [0.15, 0.2) is 0 Å². The Morgan fingerprint density at radius 1 is 0.967 bits per heavy atom. The fourth-order valence-corrected chi connectivity index (χ4v) is 3.78. The molecular formula is C26H32O4. The van der Waals surface area contributed by atoms with Crippen molar-refractivity contribution in [2.45, 2.75) is 76.5 Å². The van der Waals surface area contributed by atoms with Gasteiger partial charge >= 0.3 is 11.9 Å².